The Hall–Kier alpha value is -4.63. The molecule has 0 aliphatic rings. The molecule has 0 radical (unpaired) electrons. The fraction of sp³-hybridized carbons (Fsp3) is 0.316. The van der Waals surface area contributed by atoms with Crippen LogP contribution in [0.4, 0.5) is 0 Å². The first-order valence-corrected chi connectivity index (χ1v) is 16.5. The second-order valence-electron chi connectivity index (χ2n) is 13.2. The summed E-state index contributed by atoms with van der Waals surface area (Å²) in [6.45, 7) is 14.1. The summed E-state index contributed by atoms with van der Waals surface area (Å²) in [5.41, 5.74) is 5.03. The molecule has 5 rings (SSSR count). The molecule has 3 aromatic heterocycles. The van der Waals surface area contributed by atoms with Crippen LogP contribution in [0.2, 0.25) is 0 Å². The van der Waals surface area contributed by atoms with Gasteiger partial charge in [0, 0.05) is 51.9 Å². The van der Waals surface area contributed by atoms with Crippen molar-refractivity contribution in [2.24, 2.45) is 5.41 Å². The number of ether oxygens (including phenoxy) is 1. The number of carbonyl (C=O) groups excluding carboxylic acids is 1. The first-order chi connectivity index (χ1) is 22.3. The molecule has 0 spiro atoms. The van der Waals surface area contributed by atoms with Gasteiger partial charge in [0.2, 0.25) is 5.88 Å². The van der Waals surface area contributed by atoms with Crippen molar-refractivity contribution in [1.82, 2.24) is 14.7 Å². The number of hydrogen-bond acceptors (Lipinski definition) is 7. The van der Waals surface area contributed by atoms with E-state index < -0.39 is 17.4 Å². The van der Waals surface area contributed by atoms with Gasteiger partial charge in [-0.2, -0.15) is 4.73 Å². The number of carboxylic acids is 1. The third-order valence-electron chi connectivity index (χ3n) is 7.80. The molecule has 0 aliphatic carbocycles. The number of rotatable bonds is 11. The van der Waals surface area contributed by atoms with Crippen LogP contribution in [0.15, 0.2) is 84.0 Å². The van der Waals surface area contributed by atoms with E-state index in [0.29, 0.717) is 35.7 Å². The standard InChI is InChI=1S/C38H41N3O5S/c1-8-45-32-19-18-27(23-40-32)26-16-14-25(15-17-26)21-28-30(22-38(6,7)36(43)44)41(46-35(42)34-24(2)11-10-20-39-34)29-12-9-13-31(33(28)29)47-37(3,4)5/h9-20,23H,8,21-22H2,1-7H3,(H,43,44). The number of nitrogens with zero attached hydrogens (tertiary/aromatic N) is 3. The summed E-state index contributed by atoms with van der Waals surface area (Å²) < 4.78 is 6.92. The zero-order valence-electron chi connectivity index (χ0n) is 28.0. The smallest absolute Gasteiger partial charge is 0.382 e. The predicted octanol–water partition coefficient (Wildman–Crippen LogP) is 8.21. The first-order valence-electron chi connectivity index (χ1n) is 15.7. The topological polar surface area (TPSA) is 104 Å². The highest BCUT2D eigenvalue weighted by molar-refractivity contribution is 8.00. The molecule has 0 unspecified atom stereocenters. The molecule has 0 atom stereocenters. The number of aromatic nitrogens is 3. The average molecular weight is 652 g/mol. The minimum Gasteiger partial charge on any atom is -0.481 e. The Balaban J connectivity index is 1.65. The molecule has 0 amide bonds. The van der Waals surface area contributed by atoms with E-state index in [1.54, 1.807) is 48.8 Å². The van der Waals surface area contributed by atoms with Crippen molar-refractivity contribution in [3.8, 4) is 17.0 Å². The highest BCUT2D eigenvalue weighted by atomic mass is 32.2. The third kappa shape index (κ3) is 7.68. The van der Waals surface area contributed by atoms with Gasteiger partial charge in [0.05, 0.1) is 23.2 Å². The Morgan fingerprint density at radius 3 is 2.26 bits per heavy atom. The van der Waals surface area contributed by atoms with E-state index in [1.165, 1.54) is 0 Å². The molecule has 244 valence electrons. The van der Waals surface area contributed by atoms with Crippen LogP contribution in [-0.4, -0.2) is 43.1 Å². The number of thioether (sulfide) groups is 1. The Labute approximate surface area is 280 Å². The van der Waals surface area contributed by atoms with E-state index in [9.17, 15) is 14.7 Å². The van der Waals surface area contributed by atoms with Crippen LogP contribution in [0.25, 0.3) is 22.0 Å². The Morgan fingerprint density at radius 2 is 1.64 bits per heavy atom. The number of aryl methyl sites for hydroxylation is 1. The highest BCUT2D eigenvalue weighted by Crippen LogP contribution is 2.42. The molecule has 8 nitrogen and oxygen atoms in total. The molecule has 0 fully saturated rings. The minimum atomic E-state index is -1.14. The van der Waals surface area contributed by atoms with Crippen molar-refractivity contribution in [3.63, 3.8) is 0 Å². The van der Waals surface area contributed by atoms with Gasteiger partial charge in [-0.25, -0.2) is 14.8 Å². The van der Waals surface area contributed by atoms with E-state index in [4.69, 9.17) is 9.57 Å². The van der Waals surface area contributed by atoms with E-state index in [1.807, 2.05) is 44.2 Å². The lowest BCUT2D eigenvalue weighted by Gasteiger charge is -2.21. The van der Waals surface area contributed by atoms with Crippen LogP contribution in [0.3, 0.4) is 0 Å². The van der Waals surface area contributed by atoms with Crippen molar-refractivity contribution in [3.05, 3.63) is 107 Å². The van der Waals surface area contributed by atoms with Crippen LogP contribution in [0, 0.1) is 12.3 Å². The zero-order valence-corrected chi connectivity index (χ0v) is 28.8. The van der Waals surface area contributed by atoms with E-state index in [0.717, 1.165) is 32.5 Å². The number of pyridine rings is 2. The fourth-order valence-corrected chi connectivity index (χ4v) is 6.55. The van der Waals surface area contributed by atoms with Crippen molar-refractivity contribution in [2.45, 2.75) is 71.0 Å². The minimum absolute atomic E-state index is 0.108. The number of carbonyl (C=O) groups is 2. The van der Waals surface area contributed by atoms with Gasteiger partial charge in [0.25, 0.3) is 0 Å². The Kier molecular flexibility index (Phi) is 9.77. The summed E-state index contributed by atoms with van der Waals surface area (Å²) in [5.74, 6) is -0.961. The fourth-order valence-electron chi connectivity index (χ4n) is 5.42. The maximum atomic E-state index is 13.6. The molecule has 5 aromatic rings. The van der Waals surface area contributed by atoms with Crippen molar-refractivity contribution in [2.75, 3.05) is 6.61 Å². The molecule has 0 bridgehead atoms. The lowest BCUT2D eigenvalue weighted by atomic mass is 9.86. The molecule has 2 aromatic carbocycles. The first kappa shape index (κ1) is 33.7. The van der Waals surface area contributed by atoms with E-state index >= 15 is 0 Å². The molecule has 0 saturated carbocycles. The third-order valence-corrected chi connectivity index (χ3v) is 8.97. The largest absolute Gasteiger partial charge is 0.481 e. The molecule has 9 heteroatoms. The molecule has 0 aliphatic heterocycles. The highest BCUT2D eigenvalue weighted by Gasteiger charge is 2.34. The van der Waals surface area contributed by atoms with Gasteiger partial charge in [-0.1, -0.05) is 57.2 Å². The SMILES string of the molecule is CCOc1ccc(-c2ccc(Cc3c(CC(C)(C)C(=O)O)n(OC(=O)c4ncccc4C)c4cccc(SC(C)(C)C)c34)cc2)cn1. The lowest BCUT2D eigenvalue weighted by Crippen LogP contribution is -2.30. The molecule has 1 N–H and O–H groups in total. The second-order valence-corrected chi connectivity index (χ2v) is 15.1. The number of hydrogen-bond donors (Lipinski definition) is 1. The molecule has 0 saturated heterocycles. The van der Waals surface area contributed by atoms with Crippen LogP contribution in [0.5, 0.6) is 5.88 Å². The monoisotopic (exact) mass is 651 g/mol. The van der Waals surface area contributed by atoms with Crippen LogP contribution in [0.1, 0.15) is 74.4 Å². The number of benzene rings is 2. The van der Waals surface area contributed by atoms with Gasteiger partial charge >= 0.3 is 11.9 Å². The Bertz CT molecular complexity index is 1910. The van der Waals surface area contributed by atoms with Gasteiger partial charge in [-0.05, 0) is 74.2 Å². The van der Waals surface area contributed by atoms with Crippen molar-refractivity contribution < 1.29 is 24.3 Å². The van der Waals surface area contributed by atoms with Crippen LogP contribution in [-0.2, 0) is 17.6 Å². The zero-order chi connectivity index (χ0) is 33.9. The number of carboxylic acid groups (broad SMARTS) is 1. The summed E-state index contributed by atoms with van der Waals surface area (Å²) in [7, 11) is 0. The van der Waals surface area contributed by atoms with Crippen molar-refractivity contribution in [1.29, 1.82) is 0 Å². The van der Waals surface area contributed by atoms with Gasteiger partial charge in [-0.3, -0.25) is 4.79 Å². The molecule has 47 heavy (non-hydrogen) atoms. The van der Waals surface area contributed by atoms with E-state index in [-0.39, 0.29) is 16.9 Å². The summed E-state index contributed by atoms with van der Waals surface area (Å²) in [6, 6.07) is 21.6. The van der Waals surface area contributed by atoms with E-state index in [2.05, 4.69) is 61.1 Å². The lowest BCUT2D eigenvalue weighted by molar-refractivity contribution is -0.146. The molecule has 3 heterocycles. The molecular formula is C38H41N3O5S. The second kappa shape index (κ2) is 13.6. The van der Waals surface area contributed by atoms with Crippen molar-refractivity contribution >= 4 is 34.6 Å². The Morgan fingerprint density at radius 1 is 0.915 bits per heavy atom. The number of aliphatic carboxylic acids is 1. The maximum Gasteiger partial charge on any atom is 0.382 e. The van der Waals surface area contributed by atoms with Crippen LogP contribution >= 0.6 is 11.8 Å². The quantitative estimate of drug-likeness (QED) is 0.143. The maximum absolute atomic E-state index is 13.6. The predicted molar refractivity (Wildman–Crippen MR) is 186 cm³/mol. The van der Waals surface area contributed by atoms with Crippen LogP contribution < -0.4 is 9.57 Å². The average Bonchev–Trinajstić information content (AvgIpc) is 3.29. The normalized spacial score (nSPS) is 11.9. The summed E-state index contributed by atoms with van der Waals surface area (Å²) in [4.78, 5) is 41.9. The summed E-state index contributed by atoms with van der Waals surface area (Å²) in [6.07, 6.45) is 3.99. The van der Waals surface area contributed by atoms with Gasteiger partial charge in [-0.15, -0.1) is 11.8 Å². The summed E-state index contributed by atoms with van der Waals surface area (Å²) in [5, 5.41) is 11.1. The van der Waals surface area contributed by atoms with Gasteiger partial charge < -0.3 is 14.7 Å². The van der Waals surface area contributed by atoms with Gasteiger partial charge in [0.15, 0.2) is 5.69 Å². The molecular weight excluding hydrogens is 611 g/mol. The summed E-state index contributed by atoms with van der Waals surface area (Å²) >= 11 is 1.72. The number of fused-ring (bicyclic) bond motifs is 1. The van der Waals surface area contributed by atoms with Gasteiger partial charge in [0.1, 0.15) is 0 Å².